The molecule has 4 rings (SSSR count). The van der Waals surface area contributed by atoms with Gasteiger partial charge in [0.15, 0.2) is 0 Å². The number of methoxy groups -OCH3 is 3. The van der Waals surface area contributed by atoms with Crippen molar-refractivity contribution in [1.82, 2.24) is 0 Å². The molecule has 0 saturated heterocycles. The third-order valence-corrected chi connectivity index (χ3v) is 5.74. The summed E-state index contributed by atoms with van der Waals surface area (Å²) in [5, 5.41) is 4.43. The smallest absolute Gasteiger partial charge is 0.248 e. The van der Waals surface area contributed by atoms with E-state index in [1.807, 2.05) is 43.3 Å². The first kappa shape index (κ1) is 23.3. The molecule has 3 aromatic carbocycles. The van der Waals surface area contributed by atoms with Crippen molar-refractivity contribution in [2.75, 3.05) is 26.6 Å². The topological polar surface area (TPSA) is 69.9 Å². The van der Waals surface area contributed by atoms with Gasteiger partial charge in [-0.1, -0.05) is 23.7 Å². The summed E-state index contributed by atoms with van der Waals surface area (Å²) in [7, 11) is 4.69. The number of furan rings is 1. The quantitative estimate of drug-likeness (QED) is 0.296. The Hall–Kier alpha value is -3.90. The molecule has 0 unspecified atom stereocenters. The zero-order chi connectivity index (χ0) is 24.2. The number of anilines is 1. The van der Waals surface area contributed by atoms with Gasteiger partial charge in [0, 0.05) is 39.7 Å². The highest BCUT2D eigenvalue weighted by Crippen LogP contribution is 2.38. The molecule has 0 aliphatic heterocycles. The maximum absolute atomic E-state index is 12.8. The average Bonchev–Trinajstić information content (AvgIpc) is 3.26. The number of ether oxygens (including phenoxy) is 3. The van der Waals surface area contributed by atoms with Crippen LogP contribution in [0.2, 0.25) is 5.02 Å². The van der Waals surface area contributed by atoms with E-state index < -0.39 is 0 Å². The van der Waals surface area contributed by atoms with E-state index in [4.69, 9.17) is 30.2 Å². The second-order valence-corrected chi connectivity index (χ2v) is 8.02. The number of halogens is 1. The fourth-order valence-corrected chi connectivity index (χ4v) is 3.86. The van der Waals surface area contributed by atoms with Crippen molar-refractivity contribution in [1.29, 1.82) is 0 Å². The van der Waals surface area contributed by atoms with Gasteiger partial charge in [-0.3, -0.25) is 4.79 Å². The number of allylic oxidation sites excluding steroid dienone is 1. The molecule has 34 heavy (non-hydrogen) atoms. The Kier molecular flexibility index (Phi) is 6.80. The molecular weight excluding hydrogens is 454 g/mol. The number of rotatable bonds is 7. The Balaban J connectivity index is 1.68. The Labute approximate surface area is 202 Å². The van der Waals surface area contributed by atoms with Gasteiger partial charge in [0.2, 0.25) is 5.91 Å². The predicted molar refractivity (Wildman–Crippen MR) is 135 cm³/mol. The molecule has 0 aliphatic carbocycles. The molecule has 7 heteroatoms. The largest absolute Gasteiger partial charge is 0.497 e. The molecule has 6 nitrogen and oxygen atoms in total. The molecular formula is C27H24ClNO5. The van der Waals surface area contributed by atoms with Crippen LogP contribution in [-0.4, -0.2) is 27.2 Å². The summed E-state index contributed by atoms with van der Waals surface area (Å²) >= 11 is 6.04. The van der Waals surface area contributed by atoms with E-state index in [2.05, 4.69) is 5.32 Å². The molecule has 1 heterocycles. The summed E-state index contributed by atoms with van der Waals surface area (Å²) < 4.78 is 21.9. The van der Waals surface area contributed by atoms with Crippen LogP contribution >= 0.6 is 11.6 Å². The van der Waals surface area contributed by atoms with Gasteiger partial charge in [-0.2, -0.15) is 0 Å². The van der Waals surface area contributed by atoms with Crippen molar-refractivity contribution in [3.05, 3.63) is 77.5 Å². The molecule has 0 radical (unpaired) electrons. The molecule has 1 amide bonds. The molecule has 0 aliphatic rings. The molecule has 0 atom stereocenters. The molecule has 0 spiro atoms. The summed E-state index contributed by atoms with van der Waals surface area (Å²) in [6.45, 7) is 1.86. The molecule has 174 valence electrons. The third kappa shape index (κ3) is 4.72. The van der Waals surface area contributed by atoms with Crippen LogP contribution in [0.4, 0.5) is 5.69 Å². The average molecular weight is 478 g/mol. The standard InChI is InChI=1S/C27H24ClNO5/c1-16(11-27(30)29-23-10-9-19(31-2)12-26(23)33-4)20-13-21-22(17-5-7-18(28)8-6-17)15-34-25(21)14-24(20)32-3/h5-15H,1-4H3,(H,29,30)/b16-11+. The zero-order valence-electron chi connectivity index (χ0n) is 19.3. The summed E-state index contributed by atoms with van der Waals surface area (Å²) in [5.74, 6) is 1.45. The van der Waals surface area contributed by atoms with Crippen LogP contribution in [0, 0.1) is 0 Å². The van der Waals surface area contributed by atoms with Crippen molar-refractivity contribution in [3.63, 3.8) is 0 Å². The number of amides is 1. The Bertz CT molecular complexity index is 1370. The predicted octanol–water partition coefficient (Wildman–Crippen LogP) is 6.82. The zero-order valence-corrected chi connectivity index (χ0v) is 20.0. The fraction of sp³-hybridized carbons (Fsp3) is 0.148. The van der Waals surface area contributed by atoms with E-state index in [1.165, 1.54) is 13.2 Å². The van der Waals surface area contributed by atoms with Gasteiger partial charge in [0.1, 0.15) is 22.8 Å². The van der Waals surface area contributed by atoms with Crippen LogP contribution in [0.25, 0.3) is 27.7 Å². The SMILES string of the molecule is COc1ccc(NC(=O)/C=C(\C)c2cc3c(-c4ccc(Cl)cc4)coc3cc2OC)c(OC)c1. The van der Waals surface area contributed by atoms with Gasteiger partial charge in [-0.15, -0.1) is 0 Å². The van der Waals surface area contributed by atoms with Crippen LogP contribution < -0.4 is 19.5 Å². The van der Waals surface area contributed by atoms with E-state index in [0.29, 0.717) is 33.5 Å². The van der Waals surface area contributed by atoms with Crippen LogP contribution in [0.5, 0.6) is 17.2 Å². The number of hydrogen-bond acceptors (Lipinski definition) is 5. The maximum atomic E-state index is 12.8. The van der Waals surface area contributed by atoms with Crippen LogP contribution in [0.15, 0.2) is 71.4 Å². The van der Waals surface area contributed by atoms with E-state index in [0.717, 1.165) is 27.6 Å². The number of benzene rings is 3. The molecule has 1 N–H and O–H groups in total. The lowest BCUT2D eigenvalue weighted by atomic mass is 9.99. The van der Waals surface area contributed by atoms with E-state index in [1.54, 1.807) is 38.7 Å². The highest BCUT2D eigenvalue weighted by Gasteiger charge is 2.15. The second kappa shape index (κ2) is 9.93. The number of hydrogen-bond donors (Lipinski definition) is 1. The summed E-state index contributed by atoms with van der Waals surface area (Å²) in [6, 6.07) is 16.5. The minimum absolute atomic E-state index is 0.298. The second-order valence-electron chi connectivity index (χ2n) is 7.59. The van der Waals surface area contributed by atoms with Crippen molar-refractivity contribution < 1.29 is 23.4 Å². The normalized spacial score (nSPS) is 11.4. The maximum Gasteiger partial charge on any atom is 0.248 e. The Morgan fingerprint density at radius 1 is 0.941 bits per heavy atom. The van der Waals surface area contributed by atoms with Crippen LogP contribution in [0.3, 0.4) is 0 Å². The van der Waals surface area contributed by atoms with Crippen molar-refractivity contribution in [3.8, 4) is 28.4 Å². The van der Waals surface area contributed by atoms with Crippen LogP contribution in [0.1, 0.15) is 12.5 Å². The molecule has 0 saturated carbocycles. The van der Waals surface area contributed by atoms with Crippen molar-refractivity contribution in [2.24, 2.45) is 0 Å². The fourth-order valence-electron chi connectivity index (χ4n) is 3.73. The lowest BCUT2D eigenvalue weighted by molar-refractivity contribution is -0.111. The number of fused-ring (bicyclic) bond motifs is 1. The van der Waals surface area contributed by atoms with Gasteiger partial charge in [-0.05, 0) is 48.4 Å². The molecule has 0 bridgehead atoms. The van der Waals surface area contributed by atoms with E-state index >= 15 is 0 Å². The number of carbonyl (C=O) groups excluding carboxylic acids is 1. The molecule has 1 aromatic heterocycles. The number of carbonyl (C=O) groups is 1. The van der Waals surface area contributed by atoms with E-state index in [9.17, 15) is 4.79 Å². The van der Waals surface area contributed by atoms with Crippen molar-refractivity contribution in [2.45, 2.75) is 6.92 Å². The number of nitrogens with one attached hydrogen (secondary N) is 1. The first-order chi connectivity index (χ1) is 16.4. The molecule has 0 fully saturated rings. The van der Waals surface area contributed by atoms with Gasteiger partial charge in [0.25, 0.3) is 0 Å². The Morgan fingerprint density at radius 2 is 1.68 bits per heavy atom. The Morgan fingerprint density at radius 3 is 2.35 bits per heavy atom. The lowest BCUT2D eigenvalue weighted by Crippen LogP contribution is -2.10. The van der Waals surface area contributed by atoms with Gasteiger partial charge in [-0.25, -0.2) is 0 Å². The van der Waals surface area contributed by atoms with Gasteiger partial charge >= 0.3 is 0 Å². The van der Waals surface area contributed by atoms with Gasteiger partial charge < -0.3 is 23.9 Å². The minimum atomic E-state index is -0.298. The summed E-state index contributed by atoms with van der Waals surface area (Å²) in [4.78, 5) is 12.8. The van der Waals surface area contributed by atoms with Crippen molar-refractivity contribution >= 4 is 39.7 Å². The monoisotopic (exact) mass is 477 g/mol. The van der Waals surface area contributed by atoms with Gasteiger partial charge in [0.05, 0.1) is 33.3 Å². The summed E-state index contributed by atoms with van der Waals surface area (Å²) in [6.07, 6.45) is 3.23. The lowest BCUT2D eigenvalue weighted by Gasteiger charge is -2.12. The van der Waals surface area contributed by atoms with Crippen LogP contribution in [-0.2, 0) is 4.79 Å². The highest BCUT2D eigenvalue weighted by atomic mass is 35.5. The first-order valence-corrected chi connectivity index (χ1v) is 10.9. The minimum Gasteiger partial charge on any atom is -0.497 e. The first-order valence-electron chi connectivity index (χ1n) is 10.5. The molecule has 4 aromatic rings. The third-order valence-electron chi connectivity index (χ3n) is 5.49. The summed E-state index contributed by atoms with van der Waals surface area (Å²) in [5.41, 5.74) is 4.64. The van der Waals surface area contributed by atoms with E-state index in [-0.39, 0.29) is 5.91 Å². The highest BCUT2D eigenvalue weighted by molar-refractivity contribution is 6.30.